The van der Waals surface area contributed by atoms with Crippen LogP contribution in [0.15, 0.2) is 82.4 Å². The van der Waals surface area contributed by atoms with Crippen molar-refractivity contribution in [2.75, 3.05) is 40.5 Å². The van der Waals surface area contributed by atoms with Crippen LogP contribution in [0.2, 0.25) is 0 Å². The lowest BCUT2D eigenvalue weighted by Crippen LogP contribution is -2.48. The smallest absolute Gasteiger partial charge is 0.307 e. The number of hydrogen-bond acceptors (Lipinski definition) is 22. The van der Waals surface area contributed by atoms with Crippen molar-refractivity contribution in [3.05, 3.63) is 93.5 Å². The average molecular weight is 1620 g/mol. The van der Waals surface area contributed by atoms with Gasteiger partial charge in [0, 0.05) is 39.9 Å². The Hall–Kier alpha value is -8.22. The molecule has 4 aliphatic heterocycles. The number of amides is 4. The second-order valence-electron chi connectivity index (χ2n) is 36.1. The molecule has 28 nitrogen and oxygen atoms in total. The van der Waals surface area contributed by atoms with E-state index < -0.39 is 135 Å². The largest absolute Gasteiger partial charge is 0.471 e. The van der Waals surface area contributed by atoms with Crippen LogP contribution in [0.1, 0.15) is 199 Å². The summed E-state index contributed by atoms with van der Waals surface area (Å²) in [5.74, 6) is -6.21. The van der Waals surface area contributed by atoms with E-state index in [0.717, 1.165) is 12.8 Å². The number of aromatic nitrogens is 4. The normalized spacial score (nSPS) is 29.7. The van der Waals surface area contributed by atoms with E-state index >= 15 is 0 Å². The van der Waals surface area contributed by atoms with Crippen LogP contribution in [0.3, 0.4) is 0 Å². The third kappa shape index (κ3) is 19.7. The molecular weight excluding hydrogens is 1510 g/mol. The molecule has 8 aliphatic rings. The summed E-state index contributed by atoms with van der Waals surface area (Å²) >= 11 is 0. The molecule has 14 atom stereocenters. The summed E-state index contributed by atoms with van der Waals surface area (Å²) in [5, 5.41) is 10.8. The highest BCUT2D eigenvalue weighted by atomic mass is 32.2. The number of ether oxygens (including phenoxy) is 6. The SMILES string of the molecule is COCCn1nc(O[C@@H]2C[C@H]3C(=O)C[C@]4(C(=O)NS(=O)(=O)C5(C)CC5)C[C@H]4/C=C\CC[C@@H](C)C[C@@H](C)[C@H](CC(=O)OC(C)(C)C)C(=O)N3C2)c2ccccc2c1=O.COCCn1nc(O[C@@H]2C[C@H]3C(=O)C[C@]4(C(=O)NS(=O)(=O)C5(C)CC5)C[C@H]4/C=C\CC[C@H](C)C[C@@H](C)[C@H](CC(=O)OC(C)(C)C)C(=O)N3C2)c2ccccc2c1=O. The second-order valence-corrected chi connectivity index (χ2v) is 40.5. The van der Waals surface area contributed by atoms with E-state index in [1.54, 1.807) is 104 Å². The fraction of sp³-hybridized carbons (Fsp3) is 0.667. The topological polar surface area (TPSA) is 361 Å². The van der Waals surface area contributed by atoms with Crippen LogP contribution in [0, 0.1) is 58.2 Å². The first-order chi connectivity index (χ1) is 53.5. The van der Waals surface area contributed by atoms with Crippen molar-refractivity contribution in [1.82, 2.24) is 38.8 Å². The zero-order valence-corrected chi connectivity index (χ0v) is 70.1. The fourth-order valence-electron chi connectivity index (χ4n) is 16.9. The number of sulfonamides is 2. The number of Topliss-reactive ketones (excluding diaryl/α,β-unsaturated/α-hetero) is 2. The maximum absolute atomic E-state index is 14.9. The zero-order valence-electron chi connectivity index (χ0n) is 68.5. The highest BCUT2D eigenvalue weighted by Crippen LogP contribution is 2.59. The van der Waals surface area contributed by atoms with Gasteiger partial charge in [0.2, 0.25) is 55.4 Å². The molecular formula is C84H116N8O20S2. The Kier molecular flexibility index (Phi) is 26.0. The molecule has 12 rings (SSSR count). The quantitative estimate of drug-likeness (QED) is 0.0614. The van der Waals surface area contributed by atoms with Crippen molar-refractivity contribution >= 4 is 88.7 Å². The fourth-order valence-corrected chi connectivity index (χ4v) is 19.5. The molecule has 4 amide bonds. The maximum Gasteiger partial charge on any atom is 0.307 e. The number of fused-ring (bicyclic) bond motifs is 6. The number of ketones is 2. The molecule has 2 saturated heterocycles. The van der Waals surface area contributed by atoms with E-state index in [1.807, 2.05) is 38.2 Å². The standard InChI is InChI=1S/2C42H58N4O10S/c2*1-26-12-8-9-13-28-23-42(28,39(51)44-57(52,53)41(6)16-17-41)24-34(47)33-21-29(25-45(33)37(49)32(27(2)20-26)22-35(48)56-40(3,4)5)55-36-30-14-10-11-15-31(30)38(50)46(43-36)18-19-54-7/h2*9-11,13-15,26-29,32-33H,8,12,16-25H2,1-7H3,(H,44,51)/b2*13-9-/t26-,27+,28+,29+,32-,33-,42+;26-,27-,28-,29-,32+,33+,42-/m01/s1. The summed E-state index contributed by atoms with van der Waals surface area (Å²) in [6.07, 6.45) is 12.2. The van der Waals surface area contributed by atoms with Crippen molar-refractivity contribution in [1.29, 1.82) is 0 Å². The summed E-state index contributed by atoms with van der Waals surface area (Å²) in [6, 6.07) is 11.7. The van der Waals surface area contributed by atoms with Crippen LogP contribution >= 0.6 is 0 Å². The van der Waals surface area contributed by atoms with Crippen molar-refractivity contribution in [3.8, 4) is 11.8 Å². The van der Waals surface area contributed by atoms with Gasteiger partial charge in [0.1, 0.15) is 23.4 Å². The minimum atomic E-state index is -3.98. The van der Waals surface area contributed by atoms with Crippen LogP contribution < -0.4 is 30.0 Å². The van der Waals surface area contributed by atoms with E-state index in [-0.39, 0.29) is 136 Å². The predicted molar refractivity (Wildman–Crippen MR) is 425 cm³/mol. The molecule has 114 heavy (non-hydrogen) atoms. The summed E-state index contributed by atoms with van der Waals surface area (Å²) in [5.41, 5.74) is -4.79. The van der Waals surface area contributed by atoms with Crippen molar-refractivity contribution in [3.63, 3.8) is 0 Å². The van der Waals surface area contributed by atoms with E-state index in [9.17, 15) is 64.8 Å². The Labute approximate surface area is 668 Å². The molecule has 0 unspecified atom stereocenters. The Bertz CT molecular complexity index is 4470. The van der Waals surface area contributed by atoms with Gasteiger partial charge in [-0.3, -0.25) is 57.4 Å². The first kappa shape index (κ1) is 86.6. The third-order valence-electron chi connectivity index (χ3n) is 24.4. The lowest BCUT2D eigenvalue weighted by Gasteiger charge is -2.32. The highest BCUT2D eigenvalue weighted by Gasteiger charge is 2.65. The maximum atomic E-state index is 14.9. The number of methoxy groups -OCH3 is 2. The monoisotopic (exact) mass is 1620 g/mol. The number of nitrogens with zero attached hydrogens (tertiary/aromatic N) is 6. The van der Waals surface area contributed by atoms with E-state index in [0.29, 0.717) is 85.8 Å². The Morgan fingerprint density at radius 1 is 0.526 bits per heavy atom. The molecule has 2 N–H and O–H groups in total. The van der Waals surface area contributed by atoms with Gasteiger partial charge in [0.15, 0.2) is 11.6 Å². The molecule has 624 valence electrons. The molecule has 0 bridgehead atoms. The van der Waals surface area contributed by atoms with Gasteiger partial charge in [0.05, 0.1) is 118 Å². The molecule has 0 radical (unpaired) electrons. The number of allylic oxidation sites excluding steroid dienone is 4. The lowest BCUT2D eigenvalue weighted by molar-refractivity contribution is -0.160. The summed E-state index contributed by atoms with van der Waals surface area (Å²) in [6.45, 7) is 22.7. The summed E-state index contributed by atoms with van der Waals surface area (Å²) in [7, 11) is -4.91. The molecule has 4 aromatic rings. The molecule has 4 aliphatic carbocycles. The van der Waals surface area contributed by atoms with Gasteiger partial charge < -0.3 is 38.2 Å². The first-order valence-electron chi connectivity index (χ1n) is 40.4. The Morgan fingerprint density at radius 2 is 0.877 bits per heavy atom. The van der Waals surface area contributed by atoms with Crippen molar-refractivity contribution < 1.29 is 83.6 Å². The van der Waals surface area contributed by atoms with E-state index in [4.69, 9.17) is 28.4 Å². The number of esters is 2. The minimum Gasteiger partial charge on any atom is -0.471 e. The van der Waals surface area contributed by atoms with Gasteiger partial charge in [-0.25, -0.2) is 26.2 Å². The van der Waals surface area contributed by atoms with Gasteiger partial charge in [-0.15, -0.1) is 10.2 Å². The molecule has 2 aromatic carbocycles. The summed E-state index contributed by atoms with van der Waals surface area (Å²) < 4.78 is 93.0. The lowest BCUT2D eigenvalue weighted by atomic mass is 9.82. The van der Waals surface area contributed by atoms with Crippen LogP contribution in [0.25, 0.3) is 21.5 Å². The molecule has 30 heteroatoms. The predicted octanol–water partition coefficient (Wildman–Crippen LogP) is 9.43. The van der Waals surface area contributed by atoms with Crippen molar-refractivity contribution in [2.45, 2.75) is 257 Å². The van der Waals surface area contributed by atoms with Gasteiger partial charge in [-0.1, -0.05) is 76.3 Å². The number of nitrogens with one attached hydrogen (secondary N) is 2. The number of carbonyl (C=O) groups excluding carboxylic acids is 8. The van der Waals surface area contributed by atoms with Crippen LogP contribution in [-0.2, 0) is 90.4 Å². The van der Waals surface area contributed by atoms with Crippen molar-refractivity contribution in [2.24, 2.45) is 58.2 Å². The molecule has 6 heterocycles. The van der Waals surface area contributed by atoms with Crippen LogP contribution in [0.5, 0.6) is 11.8 Å². The Morgan fingerprint density at radius 3 is 1.21 bits per heavy atom. The van der Waals surface area contributed by atoms with Gasteiger partial charge in [-0.2, -0.15) is 0 Å². The minimum absolute atomic E-state index is 0.0230. The molecule has 4 saturated carbocycles. The highest BCUT2D eigenvalue weighted by molar-refractivity contribution is 7.92. The van der Waals surface area contributed by atoms with E-state index in [1.165, 1.54) is 33.4 Å². The zero-order chi connectivity index (χ0) is 83.0. The van der Waals surface area contributed by atoms with Crippen LogP contribution in [0.4, 0.5) is 0 Å². The van der Waals surface area contributed by atoms with E-state index in [2.05, 4.69) is 33.5 Å². The Balaban J connectivity index is 0.000000225. The number of benzene rings is 2. The van der Waals surface area contributed by atoms with Gasteiger partial charge in [0.25, 0.3) is 11.1 Å². The average Bonchev–Trinajstić information content (AvgIpc) is 1.57. The third-order valence-corrected chi connectivity index (χ3v) is 28.8. The van der Waals surface area contributed by atoms with Crippen LogP contribution in [-0.4, -0.2) is 179 Å². The van der Waals surface area contributed by atoms with Gasteiger partial charge >= 0.3 is 11.9 Å². The first-order valence-corrected chi connectivity index (χ1v) is 43.4. The number of carbonyl (C=O) groups is 8. The number of hydrogen-bond donors (Lipinski definition) is 2. The molecule has 0 spiro atoms. The second kappa shape index (κ2) is 34.2. The molecule has 6 fully saturated rings. The number of rotatable bonds is 20. The summed E-state index contributed by atoms with van der Waals surface area (Å²) in [4.78, 5) is 144. The molecule has 2 aromatic heterocycles. The van der Waals surface area contributed by atoms with Gasteiger partial charge in [-0.05, 0) is 192 Å².